The van der Waals surface area contributed by atoms with Gasteiger partial charge < -0.3 is 15.3 Å². The second kappa shape index (κ2) is 6.21. The molecule has 1 unspecified atom stereocenters. The number of hydrogen-bond donors (Lipinski definition) is 2. The summed E-state index contributed by atoms with van der Waals surface area (Å²) in [5, 5.41) is 13.4. The Balaban J connectivity index is 1.98. The normalized spacial score (nSPS) is 19.7. The fourth-order valence-corrected chi connectivity index (χ4v) is 2.61. The van der Waals surface area contributed by atoms with Crippen molar-refractivity contribution in [2.45, 2.75) is 38.8 Å². The van der Waals surface area contributed by atoms with Crippen LogP contribution in [0, 0.1) is 0 Å². The van der Waals surface area contributed by atoms with Gasteiger partial charge in [0.25, 0.3) is 0 Å². The molecule has 2 rings (SSSR count). The number of hydrogen-bond acceptors (Lipinski definition) is 3. The van der Waals surface area contributed by atoms with Crippen LogP contribution in [0.4, 0.5) is 5.69 Å². The molecule has 3 heteroatoms. The molecule has 1 aliphatic rings. The highest BCUT2D eigenvalue weighted by Gasteiger charge is 2.19. The van der Waals surface area contributed by atoms with E-state index < -0.39 is 6.10 Å². The summed E-state index contributed by atoms with van der Waals surface area (Å²) in [6.07, 6.45) is 1.95. The minimum Gasteiger partial charge on any atom is -0.389 e. The fourth-order valence-electron chi connectivity index (χ4n) is 2.61. The smallest absolute Gasteiger partial charge is 0.0781 e. The van der Waals surface area contributed by atoms with Crippen LogP contribution in [0.25, 0.3) is 0 Å². The van der Waals surface area contributed by atoms with E-state index in [1.165, 1.54) is 25.9 Å². The standard InChI is InChI=1S/C15H24N2O/c1-3-17-10-8-13(9-11-17)16-15-7-5-4-6-14(15)12(2)18/h4-7,12-13,16,18H,3,8-11H2,1-2H3. The Labute approximate surface area is 110 Å². The van der Waals surface area contributed by atoms with Crippen LogP contribution in [-0.2, 0) is 0 Å². The van der Waals surface area contributed by atoms with Crippen molar-refractivity contribution in [2.24, 2.45) is 0 Å². The number of piperidine rings is 1. The molecule has 100 valence electrons. The Kier molecular flexibility index (Phi) is 4.61. The molecule has 1 aliphatic heterocycles. The molecule has 0 spiro atoms. The van der Waals surface area contributed by atoms with E-state index >= 15 is 0 Å². The number of aliphatic hydroxyl groups excluding tert-OH is 1. The van der Waals surface area contributed by atoms with Crippen LogP contribution in [0.3, 0.4) is 0 Å². The zero-order valence-electron chi connectivity index (χ0n) is 11.4. The summed E-state index contributed by atoms with van der Waals surface area (Å²) in [4.78, 5) is 2.48. The molecule has 1 aromatic carbocycles. The molecule has 0 radical (unpaired) electrons. The first-order valence-electron chi connectivity index (χ1n) is 6.96. The van der Waals surface area contributed by atoms with E-state index in [0.717, 1.165) is 17.8 Å². The van der Waals surface area contributed by atoms with Gasteiger partial charge in [-0.15, -0.1) is 0 Å². The molecule has 1 aromatic rings. The third-order valence-corrected chi connectivity index (χ3v) is 3.81. The molecule has 18 heavy (non-hydrogen) atoms. The number of para-hydroxylation sites is 1. The van der Waals surface area contributed by atoms with Crippen molar-refractivity contribution in [3.8, 4) is 0 Å². The Morgan fingerprint density at radius 2 is 2.00 bits per heavy atom. The lowest BCUT2D eigenvalue weighted by atomic mass is 10.0. The molecule has 1 fully saturated rings. The van der Waals surface area contributed by atoms with Crippen molar-refractivity contribution in [3.05, 3.63) is 29.8 Å². The quantitative estimate of drug-likeness (QED) is 0.860. The first-order valence-corrected chi connectivity index (χ1v) is 6.96. The Bertz CT molecular complexity index is 371. The van der Waals surface area contributed by atoms with Crippen LogP contribution >= 0.6 is 0 Å². The summed E-state index contributed by atoms with van der Waals surface area (Å²) in [6.45, 7) is 7.53. The Morgan fingerprint density at radius 1 is 1.33 bits per heavy atom. The number of aliphatic hydroxyl groups is 1. The third-order valence-electron chi connectivity index (χ3n) is 3.81. The largest absolute Gasteiger partial charge is 0.389 e. The zero-order chi connectivity index (χ0) is 13.0. The number of likely N-dealkylation sites (tertiary alicyclic amines) is 1. The Hall–Kier alpha value is -1.06. The lowest BCUT2D eigenvalue weighted by Gasteiger charge is -2.32. The van der Waals surface area contributed by atoms with Crippen LogP contribution in [0.1, 0.15) is 38.4 Å². The lowest BCUT2D eigenvalue weighted by Crippen LogP contribution is -2.39. The molecule has 0 aromatic heterocycles. The molecule has 1 saturated heterocycles. The van der Waals surface area contributed by atoms with Crippen molar-refractivity contribution in [1.82, 2.24) is 4.90 Å². The zero-order valence-corrected chi connectivity index (χ0v) is 11.4. The molecular weight excluding hydrogens is 224 g/mol. The average Bonchev–Trinajstić information content (AvgIpc) is 2.40. The highest BCUT2D eigenvalue weighted by Crippen LogP contribution is 2.24. The van der Waals surface area contributed by atoms with Gasteiger partial charge in [-0.25, -0.2) is 0 Å². The van der Waals surface area contributed by atoms with Gasteiger partial charge >= 0.3 is 0 Å². The second-order valence-electron chi connectivity index (χ2n) is 5.12. The summed E-state index contributed by atoms with van der Waals surface area (Å²) < 4.78 is 0. The van der Waals surface area contributed by atoms with Gasteiger partial charge in [0.05, 0.1) is 6.10 Å². The van der Waals surface area contributed by atoms with Crippen molar-refractivity contribution in [2.75, 3.05) is 25.0 Å². The maximum atomic E-state index is 9.77. The van der Waals surface area contributed by atoms with Crippen molar-refractivity contribution in [1.29, 1.82) is 0 Å². The minimum atomic E-state index is -0.413. The summed E-state index contributed by atoms with van der Waals surface area (Å²) >= 11 is 0. The van der Waals surface area contributed by atoms with Gasteiger partial charge in [-0.3, -0.25) is 0 Å². The van der Waals surface area contributed by atoms with E-state index in [2.05, 4.69) is 23.2 Å². The van der Waals surface area contributed by atoms with Gasteiger partial charge in [-0.05, 0) is 32.4 Å². The maximum Gasteiger partial charge on any atom is 0.0781 e. The first kappa shape index (κ1) is 13.4. The van der Waals surface area contributed by atoms with Gasteiger partial charge in [0, 0.05) is 30.4 Å². The van der Waals surface area contributed by atoms with E-state index in [9.17, 15) is 5.11 Å². The molecular formula is C15H24N2O. The maximum absolute atomic E-state index is 9.77. The van der Waals surface area contributed by atoms with Gasteiger partial charge in [0.1, 0.15) is 0 Å². The van der Waals surface area contributed by atoms with Gasteiger partial charge in [-0.2, -0.15) is 0 Å². The van der Waals surface area contributed by atoms with Crippen molar-refractivity contribution < 1.29 is 5.11 Å². The summed E-state index contributed by atoms with van der Waals surface area (Å²) in [5.41, 5.74) is 2.08. The second-order valence-corrected chi connectivity index (χ2v) is 5.12. The molecule has 0 bridgehead atoms. The fraction of sp³-hybridized carbons (Fsp3) is 0.600. The predicted molar refractivity (Wildman–Crippen MR) is 75.8 cm³/mol. The number of benzene rings is 1. The topological polar surface area (TPSA) is 35.5 Å². The van der Waals surface area contributed by atoms with E-state index in [1.807, 2.05) is 25.1 Å². The van der Waals surface area contributed by atoms with E-state index in [4.69, 9.17) is 0 Å². The van der Waals surface area contributed by atoms with Gasteiger partial charge in [-0.1, -0.05) is 25.1 Å². The SMILES string of the molecule is CCN1CCC(Nc2ccccc2C(C)O)CC1. The van der Waals surface area contributed by atoms with Crippen LogP contribution in [0.15, 0.2) is 24.3 Å². The number of nitrogens with one attached hydrogen (secondary N) is 1. The van der Waals surface area contributed by atoms with Crippen LogP contribution < -0.4 is 5.32 Å². The van der Waals surface area contributed by atoms with Crippen LogP contribution in [-0.4, -0.2) is 35.7 Å². The molecule has 1 heterocycles. The van der Waals surface area contributed by atoms with Crippen LogP contribution in [0.5, 0.6) is 0 Å². The molecule has 0 aliphatic carbocycles. The summed E-state index contributed by atoms with van der Waals surface area (Å²) in [5.74, 6) is 0. The summed E-state index contributed by atoms with van der Waals surface area (Å²) in [7, 11) is 0. The van der Waals surface area contributed by atoms with Crippen molar-refractivity contribution >= 4 is 5.69 Å². The molecule has 3 nitrogen and oxygen atoms in total. The molecule has 1 atom stereocenters. The average molecular weight is 248 g/mol. The van der Waals surface area contributed by atoms with E-state index in [0.29, 0.717) is 6.04 Å². The first-order chi connectivity index (χ1) is 8.70. The van der Waals surface area contributed by atoms with E-state index in [-0.39, 0.29) is 0 Å². The molecule has 0 amide bonds. The summed E-state index contributed by atoms with van der Waals surface area (Å²) in [6, 6.07) is 8.60. The van der Waals surface area contributed by atoms with E-state index in [1.54, 1.807) is 0 Å². The highest BCUT2D eigenvalue weighted by atomic mass is 16.3. The third kappa shape index (κ3) is 3.24. The molecule has 0 saturated carbocycles. The molecule has 2 N–H and O–H groups in total. The number of anilines is 1. The monoisotopic (exact) mass is 248 g/mol. The number of rotatable bonds is 4. The van der Waals surface area contributed by atoms with Crippen LogP contribution in [0.2, 0.25) is 0 Å². The predicted octanol–water partition coefficient (Wildman–Crippen LogP) is 2.64. The number of nitrogens with zero attached hydrogens (tertiary/aromatic N) is 1. The lowest BCUT2D eigenvalue weighted by molar-refractivity contribution is 0.199. The highest BCUT2D eigenvalue weighted by molar-refractivity contribution is 5.52. The minimum absolute atomic E-state index is 0.413. The van der Waals surface area contributed by atoms with Gasteiger partial charge in [0.2, 0.25) is 0 Å². The Morgan fingerprint density at radius 3 is 2.61 bits per heavy atom. The van der Waals surface area contributed by atoms with Gasteiger partial charge in [0.15, 0.2) is 0 Å². The van der Waals surface area contributed by atoms with Crippen molar-refractivity contribution in [3.63, 3.8) is 0 Å².